The van der Waals surface area contributed by atoms with E-state index in [-0.39, 0.29) is 11.9 Å². The molecular formula is C25H32Cl2N8O2. The quantitative estimate of drug-likeness (QED) is 0.392. The second-order valence-corrected chi connectivity index (χ2v) is 10.3. The Bertz CT molecular complexity index is 1170. The number of hydrogen-bond donors (Lipinski definition) is 3. The van der Waals surface area contributed by atoms with Gasteiger partial charge in [0.05, 0.1) is 10.0 Å². The highest BCUT2D eigenvalue weighted by Gasteiger charge is 2.45. The monoisotopic (exact) mass is 546 g/mol. The molecule has 0 spiro atoms. The summed E-state index contributed by atoms with van der Waals surface area (Å²) >= 11 is 12.1. The topological polar surface area (TPSA) is 129 Å². The van der Waals surface area contributed by atoms with Gasteiger partial charge in [0, 0.05) is 30.2 Å². The fraction of sp³-hybridized carbons (Fsp3) is 0.480. The van der Waals surface area contributed by atoms with Crippen LogP contribution in [-0.4, -0.2) is 69.4 Å². The number of hydrogen-bond acceptors (Lipinski definition) is 6. The Morgan fingerprint density at radius 1 is 0.973 bits per heavy atom. The van der Waals surface area contributed by atoms with Gasteiger partial charge in [0.15, 0.2) is 0 Å². The maximum absolute atomic E-state index is 12.9. The van der Waals surface area contributed by atoms with Crippen LogP contribution in [0.1, 0.15) is 43.5 Å². The van der Waals surface area contributed by atoms with Crippen molar-refractivity contribution < 1.29 is 9.59 Å². The zero-order chi connectivity index (χ0) is 26.6. The van der Waals surface area contributed by atoms with Crippen LogP contribution in [0.5, 0.6) is 0 Å². The molecule has 37 heavy (non-hydrogen) atoms. The van der Waals surface area contributed by atoms with Gasteiger partial charge in [-0.15, -0.1) is 0 Å². The lowest BCUT2D eigenvalue weighted by Gasteiger charge is -2.48. The molecule has 2 aromatic rings. The van der Waals surface area contributed by atoms with Crippen LogP contribution in [-0.2, 0) is 4.79 Å². The second kappa shape index (κ2) is 11.6. The molecule has 4 N–H and O–H groups in total. The molecule has 3 heterocycles. The predicted molar refractivity (Wildman–Crippen MR) is 145 cm³/mol. The minimum atomic E-state index is -0.694. The first kappa shape index (κ1) is 27.1. The van der Waals surface area contributed by atoms with Gasteiger partial charge in [0.1, 0.15) is 5.54 Å². The van der Waals surface area contributed by atoms with E-state index in [0.29, 0.717) is 47.6 Å². The molecule has 0 atom stereocenters. The number of likely N-dealkylation sites (tertiary alicyclic amines) is 2. The Morgan fingerprint density at radius 2 is 1.62 bits per heavy atom. The van der Waals surface area contributed by atoms with Gasteiger partial charge < -0.3 is 16.0 Å². The molecule has 10 nitrogen and oxygen atoms in total. The Hall–Kier alpha value is -2.95. The normalized spacial score (nSPS) is 18.4. The first-order valence-electron chi connectivity index (χ1n) is 12.4. The molecule has 1 aromatic carbocycles. The van der Waals surface area contributed by atoms with Crippen molar-refractivity contribution in [2.45, 2.75) is 51.5 Å². The molecule has 1 aromatic heterocycles. The van der Waals surface area contributed by atoms with Gasteiger partial charge in [0.2, 0.25) is 11.9 Å². The number of amides is 3. The van der Waals surface area contributed by atoms with Crippen LogP contribution in [0.4, 0.5) is 16.4 Å². The largest absolute Gasteiger partial charge is 0.368 e. The minimum Gasteiger partial charge on any atom is -0.368 e. The molecule has 198 valence electrons. The van der Waals surface area contributed by atoms with Gasteiger partial charge in [-0.1, -0.05) is 29.6 Å². The van der Waals surface area contributed by atoms with Gasteiger partial charge in [-0.3, -0.25) is 15.0 Å². The van der Waals surface area contributed by atoms with E-state index in [2.05, 4.69) is 30.5 Å². The van der Waals surface area contributed by atoms with Crippen LogP contribution < -0.4 is 16.4 Å². The van der Waals surface area contributed by atoms with Crippen molar-refractivity contribution in [2.24, 2.45) is 10.7 Å². The number of urea groups is 1. The number of carbonyl (C=O) groups excluding carboxylic acids is 2. The van der Waals surface area contributed by atoms with Crippen molar-refractivity contribution in [1.29, 1.82) is 0 Å². The van der Waals surface area contributed by atoms with E-state index in [1.165, 1.54) is 6.42 Å². The summed E-state index contributed by atoms with van der Waals surface area (Å²) in [5.41, 5.74) is 7.27. The number of carbonyl (C=O) groups is 2. The maximum atomic E-state index is 12.9. The number of aliphatic imine (C=N–C) groups is 1. The number of piperidine rings is 2. The predicted octanol–water partition coefficient (Wildman–Crippen LogP) is 4.02. The van der Waals surface area contributed by atoms with E-state index in [4.69, 9.17) is 28.9 Å². The summed E-state index contributed by atoms with van der Waals surface area (Å²) in [6.07, 6.45) is 4.36. The number of rotatable bonds is 4. The third-order valence-electron chi connectivity index (χ3n) is 6.89. The van der Waals surface area contributed by atoms with Crippen molar-refractivity contribution in [3.8, 4) is 0 Å². The Balaban J connectivity index is 1.56. The summed E-state index contributed by atoms with van der Waals surface area (Å²) in [5, 5.41) is 6.30. The summed E-state index contributed by atoms with van der Waals surface area (Å²) in [6, 6.07) is 6.16. The van der Waals surface area contributed by atoms with Crippen LogP contribution in [0.2, 0.25) is 10.0 Å². The fourth-order valence-electron chi connectivity index (χ4n) is 5.00. The van der Waals surface area contributed by atoms with Crippen molar-refractivity contribution >= 4 is 52.7 Å². The van der Waals surface area contributed by atoms with E-state index in [1.54, 1.807) is 18.2 Å². The molecule has 0 unspecified atom stereocenters. The number of guanidine groups is 1. The molecule has 2 fully saturated rings. The highest BCUT2D eigenvalue weighted by Crippen LogP contribution is 2.32. The number of halogens is 2. The van der Waals surface area contributed by atoms with Gasteiger partial charge in [-0.2, -0.15) is 4.99 Å². The van der Waals surface area contributed by atoms with Crippen LogP contribution >= 0.6 is 23.2 Å². The maximum Gasteiger partial charge on any atom is 0.326 e. The highest BCUT2D eigenvalue weighted by atomic mass is 35.5. The highest BCUT2D eigenvalue weighted by molar-refractivity contribution is 6.42. The summed E-state index contributed by atoms with van der Waals surface area (Å²) in [4.78, 5) is 43.2. The van der Waals surface area contributed by atoms with E-state index < -0.39 is 11.6 Å². The van der Waals surface area contributed by atoms with Crippen LogP contribution in [0.3, 0.4) is 0 Å². The molecule has 0 saturated carbocycles. The molecule has 2 aliphatic heterocycles. The van der Waals surface area contributed by atoms with Crippen molar-refractivity contribution in [1.82, 2.24) is 25.1 Å². The molecule has 0 bridgehead atoms. The van der Waals surface area contributed by atoms with Gasteiger partial charge in [-0.25, -0.2) is 14.8 Å². The Kier molecular flexibility index (Phi) is 8.51. The van der Waals surface area contributed by atoms with Gasteiger partial charge in [-0.05, 0) is 76.9 Å². The molecular weight excluding hydrogens is 515 g/mol. The lowest BCUT2D eigenvalue weighted by atomic mass is 9.83. The molecule has 0 aliphatic carbocycles. The third kappa shape index (κ3) is 6.49. The molecule has 3 amide bonds. The Morgan fingerprint density at radius 3 is 2.22 bits per heavy atom. The summed E-state index contributed by atoms with van der Waals surface area (Å²) < 4.78 is 0. The van der Waals surface area contributed by atoms with E-state index >= 15 is 0 Å². The standard InChI is InChI=1S/C25H32Cl2N8O2/c1-16-14-17(2)30-22(29-16)32-23(33-24(37)31-18-6-7-19(26)20(27)15-18)34-12-8-25(9-13-34,21(28)36)35-10-4-3-5-11-35/h6-7,14-15H,3-5,8-13H2,1-2H3,(H2,28,36)(H2,29,30,31,32,33,37). The Labute approximate surface area is 226 Å². The number of primary amides is 1. The number of anilines is 1. The smallest absolute Gasteiger partial charge is 0.326 e. The molecule has 12 heteroatoms. The van der Waals surface area contributed by atoms with E-state index in [0.717, 1.165) is 37.3 Å². The summed E-state index contributed by atoms with van der Waals surface area (Å²) in [6.45, 7) is 6.42. The van der Waals surface area contributed by atoms with E-state index in [9.17, 15) is 9.59 Å². The molecule has 0 radical (unpaired) electrons. The molecule has 2 aliphatic rings. The lowest BCUT2D eigenvalue weighted by molar-refractivity contribution is -0.134. The number of aromatic nitrogens is 2. The fourth-order valence-corrected chi connectivity index (χ4v) is 5.29. The third-order valence-corrected chi connectivity index (χ3v) is 7.63. The molecule has 4 rings (SSSR count). The second-order valence-electron chi connectivity index (χ2n) is 9.52. The average molecular weight is 547 g/mol. The van der Waals surface area contributed by atoms with Gasteiger partial charge in [0.25, 0.3) is 5.95 Å². The number of nitrogens with zero attached hydrogens (tertiary/aromatic N) is 5. The zero-order valence-electron chi connectivity index (χ0n) is 21.1. The number of benzene rings is 1. The van der Waals surface area contributed by atoms with E-state index in [1.807, 2.05) is 24.8 Å². The van der Waals surface area contributed by atoms with Crippen molar-refractivity contribution in [3.63, 3.8) is 0 Å². The number of nitrogens with one attached hydrogen (secondary N) is 2. The number of nitrogens with two attached hydrogens (primary N) is 1. The SMILES string of the molecule is Cc1cc(C)nc(/N=C(\NC(=O)Nc2ccc(Cl)c(Cl)c2)N2CCC(C(N)=O)(N3CCCCC3)CC2)n1. The minimum absolute atomic E-state index is 0.241. The zero-order valence-corrected chi connectivity index (χ0v) is 22.6. The summed E-state index contributed by atoms with van der Waals surface area (Å²) in [7, 11) is 0. The van der Waals surface area contributed by atoms with Crippen molar-refractivity contribution in [2.75, 3.05) is 31.5 Å². The average Bonchev–Trinajstić information content (AvgIpc) is 2.86. The van der Waals surface area contributed by atoms with Crippen molar-refractivity contribution in [3.05, 3.63) is 45.7 Å². The van der Waals surface area contributed by atoms with Crippen LogP contribution in [0.25, 0.3) is 0 Å². The molecule has 2 saturated heterocycles. The lowest BCUT2D eigenvalue weighted by Crippen LogP contribution is -2.64. The van der Waals surface area contributed by atoms with Crippen LogP contribution in [0.15, 0.2) is 29.3 Å². The van der Waals surface area contributed by atoms with Gasteiger partial charge >= 0.3 is 6.03 Å². The van der Waals surface area contributed by atoms with Crippen LogP contribution in [0, 0.1) is 13.8 Å². The summed E-state index contributed by atoms with van der Waals surface area (Å²) in [5.74, 6) is 0.236. The first-order valence-corrected chi connectivity index (χ1v) is 13.2. The number of aryl methyl sites for hydroxylation is 2. The first-order chi connectivity index (χ1) is 17.7.